The van der Waals surface area contributed by atoms with Crippen molar-refractivity contribution in [2.24, 2.45) is 0 Å². The van der Waals surface area contributed by atoms with Crippen LogP contribution in [0.2, 0.25) is 0 Å². The number of hydrogen-bond donors (Lipinski definition) is 1. The number of nitrogen functional groups attached to an aromatic ring is 1. The maximum Gasteiger partial charge on any atom is 0.188 e. The van der Waals surface area contributed by atoms with Gasteiger partial charge in [-0.05, 0) is 49.5 Å². The van der Waals surface area contributed by atoms with Crippen LogP contribution in [0.25, 0.3) is 0 Å². The van der Waals surface area contributed by atoms with Gasteiger partial charge in [0.2, 0.25) is 0 Å². The number of carbonyl (C=O) groups is 1. The Morgan fingerprint density at radius 2 is 2.18 bits per heavy atom. The number of carbonyl (C=O) groups excluding carboxylic acids is 1. The topological polar surface area (TPSA) is 52.3 Å². The fourth-order valence-corrected chi connectivity index (χ4v) is 2.11. The Kier molecular flexibility index (Phi) is 3.47. The van der Waals surface area contributed by atoms with E-state index in [4.69, 9.17) is 10.5 Å². The zero-order valence-corrected chi connectivity index (χ0v) is 10.0. The maximum absolute atomic E-state index is 12.2. The van der Waals surface area contributed by atoms with Gasteiger partial charge in [-0.1, -0.05) is 6.08 Å². The molecular weight excluding hydrogens is 214 g/mol. The van der Waals surface area contributed by atoms with Crippen LogP contribution in [0, 0.1) is 0 Å². The molecule has 3 heteroatoms. The van der Waals surface area contributed by atoms with Crippen molar-refractivity contribution in [1.82, 2.24) is 0 Å². The Labute approximate surface area is 101 Å². The highest BCUT2D eigenvalue weighted by Gasteiger charge is 2.15. The van der Waals surface area contributed by atoms with Crippen LogP contribution in [-0.2, 0) is 0 Å². The van der Waals surface area contributed by atoms with E-state index in [2.05, 4.69) is 0 Å². The third-order valence-corrected chi connectivity index (χ3v) is 3.07. The van der Waals surface area contributed by atoms with Crippen molar-refractivity contribution in [2.45, 2.75) is 25.7 Å². The minimum atomic E-state index is 0.0963. The second kappa shape index (κ2) is 5.04. The van der Waals surface area contributed by atoms with Gasteiger partial charge >= 0.3 is 0 Å². The molecule has 0 heterocycles. The molecule has 0 saturated heterocycles. The number of Topliss-reactive ketones (excluding diaryl/α,β-unsaturated/α-hetero) is 1. The summed E-state index contributed by atoms with van der Waals surface area (Å²) in [5, 5.41) is 0. The molecule has 1 aromatic rings. The van der Waals surface area contributed by atoms with E-state index in [9.17, 15) is 4.79 Å². The molecule has 2 N–H and O–H groups in total. The molecule has 0 fully saturated rings. The maximum atomic E-state index is 12.2. The molecule has 0 radical (unpaired) electrons. The molecule has 90 valence electrons. The number of anilines is 1. The van der Waals surface area contributed by atoms with E-state index in [-0.39, 0.29) is 5.78 Å². The zero-order valence-electron chi connectivity index (χ0n) is 10.0. The van der Waals surface area contributed by atoms with E-state index in [0.717, 1.165) is 24.8 Å². The number of nitrogens with two attached hydrogens (primary N) is 1. The van der Waals surface area contributed by atoms with Crippen molar-refractivity contribution < 1.29 is 9.53 Å². The highest BCUT2D eigenvalue weighted by atomic mass is 16.5. The fourth-order valence-electron chi connectivity index (χ4n) is 2.11. The summed E-state index contributed by atoms with van der Waals surface area (Å²) >= 11 is 0. The summed E-state index contributed by atoms with van der Waals surface area (Å²) < 4.78 is 5.07. The lowest BCUT2D eigenvalue weighted by molar-refractivity contribution is 0.102. The molecule has 1 aliphatic carbocycles. The van der Waals surface area contributed by atoms with Gasteiger partial charge in [0.1, 0.15) is 5.75 Å². The van der Waals surface area contributed by atoms with Crippen molar-refractivity contribution >= 4 is 11.5 Å². The molecule has 0 aromatic heterocycles. The molecule has 2 rings (SSSR count). The summed E-state index contributed by atoms with van der Waals surface area (Å²) in [6.45, 7) is 0. The lowest BCUT2D eigenvalue weighted by Crippen LogP contribution is -2.07. The number of ketones is 1. The van der Waals surface area contributed by atoms with Gasteiger partial charge in [0.15, 0.2) is 5.78 Å². The minimum absolute atomic E-state index is 0.0963. The first-order valence-electron chi connectivity index (χ1n) is 5.89. The van der Waals surface area contributed by atoms with Crippen molar-refractivity contribution in [3.8, 4) is 5.75 Å². The van der Waals surface area contributed by atoms with Gasteiger partial charge in [-0.15, -0.1) is 0 Å². The molecule has 0 unspecified atom stereocenters. The Bertz CT molecular complexity index is 463. The van der Waals surface area contributed by atoms with Crippen LogP contribution in [-0.4, -0.2) is 12.9 Å². The van der Waals surface area contributed by atoms with E-state index in [0.29, 0.717) is 17.0 Å². The van der Waals surface area contributed by atoms with Gasteiger partial charge in [0, 0.05) is 5.56 Å². The van der Waals surface area contributed by atoms with Gasteiger partial charge in [-0.2, -0.15) is 0 Å². The smallest absolute Gasteiger partial charge is 0.188 e. The molecule has 0 spiro atoms. The van der Waals surface area contributed by atoms with Crippen molar-refractivity contribution in [2.75, 3.05) is 12.8 Å². The van der Waals surface area contributed by atoms with Crippen LogP contribution >= 0.6 is 0 Å². The molecule has 0 atom stereocenters. The van der Waals surface area contributed by atoms with Crippen molar-refractivity contribution in [3.63, 3.8) is 0 Å². The van der Waals surface area contributed by atoms with Gasteiger partial charge in [0.05, 0.1) is 12.8 Å². The van der Waals surface area contributed by atoms with Gasteiger partial charge in [0.25, 0.3) is 0 Å². The predicted molar refractivity (Wildman–Crippen MR) is 68.3 cm³/mol. The average Bonchev–Trinajstić information content (AvgIpc) is 2.39. The molecule has 0 saturated carbocycles. The summed E-state index contributed by atoms with van der Waals surface area (Å²) in [5.41, 5.74) is 7.88. The molecule has 0 aliphatic heterocycles. The Balaban J connectivity index is 2.25. The van der Waals surface area contributed by atoms with Crippen LogP contribution < -0.4 is 10.5 Å². The summed E-state index contributed by atoms with van der Waals surface area (Å²) in [7, 11) is 1.57. The summed E-state index contributed by atoms with van der Waals surface area (Å²) in [6, 6.07) is 5.20. The molecule has 0 bridgehead atoms. The second-order valence-corrected chi connectivity index (χ2v) is 4.26. The first-order chi connectivity index (χ1) is 8.22. The molecule has 1 aliphatic rings. The molecule has 1 aromatic carbocycles. The normalized spacial score (nSPS) is 15.2. The summed E-state index contributed by atoms with van der Waals surface area (Å²) in [4.78, 5) is 12.2. The minimum Gasteiger partial charge on any atom is -0.495 e. The summed E-state index contributed by atoms with van der Waals surface area (Å²) in [5.74, 6) is 0.707. The fraction of sp³-hybridized carbons (Fsp3) is 0.357. The van der Waals surface area contributed by atoms with Gasteiger partial charge in [-0.25, -0.2) is 0 Å². The first-order valence-corrected chi connectivity index (χ1v) is 5.89. The average molecular weight is 231 g/mol. The molecule has 0 amide bonds. The van der Waals surface area contributed by atoms with E-state index in [1.807, 2.05) is 6.08 Å². The Hall–Kier alpha value is -1.77. The van der Waals surface area contributed by atoms with E-state index >= 15 is 0 Å². The van der Waals surface area contributed by atoms with Crippen LogP contribution in [0.1, 0.15) is 36.0 Å². The number of allylic oxidation sites excluding steroid dienone is 2. The third kappa shape index (κ3) is 2.49. The monoisotopic (exact) mass is 231 g/mol. The predicted octanol–water partition coefficient (Wildman–Crippen LogP) is 2.96. The Morgan fingerprint density at radius 1 is 1.35 bits per heavy atom. The van der Waals surface area contributed by atoms with E-state index in [1.165, 1.54) is 6.42 Å². The highest BCUT2D eigenvalue weighted by molar-refractivity contribution is 6.09. The number of ether oxygens (including phenoxy) is 1. The molecule has 17 heavy (non-hydrogen) atoms. The lowest BCUT2D eigenvalue weighted by atomic mass is 9.93. The zero-order chi connectivity index (χ0) is 12.3. The van der Waals surface area contributed by atoms with Crippen LogP contribution in [0.3, 0.4) is 0 Å². The Morgan fingerprint density at radius 3 is 2.76 bits per heavy atom. The highest BCUT2D eigenvalue weighted by Crippen LogP contribution is 2.26. The first kappa shape index (κ1) is 11.7. The van der Waals surface area contributed by atoms with Crippen molar-refractivity contribution in [3.05, 3.63) is 35.4 Å². The van der Waals surface area contributed by atoms with Crippen LogP contribution in [0.5, 0.6) is 5.75 Å². The number of hydrogen-bond acceptors (Lipinski definition) is 3. The van der Waals surface area contributed by atoms with E-state index in [1.54, 1.807) is 25.3 Å². The molecular formula is C14H17NO2. The van der Waals surface area contributed by atoms with Gasteiger partial charge < -0.3 is 10.5 Å². The number of benzene rings is 1. The van der Waals surface area contributed by atoms with Crippen molar-refractivity contribution in [1.29, 1.82) is 0 Å². The van der Waals surface area contributed by atoms with Gasteiger partial charge in [-0.3, -0.25) is 4.79 Å². The van der Waals surface area contributed by atoms with Crippen LogP contribution in [0.4, 0.5) is 5.69 Å². The SMILES string of the molecule is COc1ccc(C(=O)C2=CCCCC2)cc1N. The largest absolute Gasteiger partial charge is 0.495 e. The second-order valence-electron chi connectivity index (χ2n) is 4.26. The quantitative estimate of drug-likeness (QED) is 0.642. The van der Waals surface area contributed by atoms with E-state index < -0.39 is 0 Å². The molecule has 3 nitrogen and oxygen atoms in total. The summed E-state index contributed by atoms with van der Waals surface area (Å²) in [6.07, 6.45) is 6.22. The van der Waals surface area contributed by atoms with Crippen LogP contribution in [0.15, 0.2) is 29.8 Å². The lowest BCUT2D eigenvalue weighted by Gasteiger charge is -2.12. The standard InChI is InChI=1S/C14H17NO2/c1-17-13-8-7-11(9-12(13)15)14(16)10-5-3-2-4-6-10/h5,7-9H,2-4,6,15H2,1H3. The third-order valence-electron chi connectivity index (χ3n) is 3.07. The number of rotatable bonds is 3. The number of methoxy groups -OCH3 is 1.